The summed E-state index contributed by atoms with van der Waals surface area (Å²) in [4.78, 5) is 11.0. The Morgan fingerprint density at radius 1 is 0.595 bits per heavy atom. The Morgan fingerprint density at radius 2 is 1.05 bits per heavy atom. The average Bonchev–Trinajstić information content (AvgIpc) is 3.21. The number of carbonyl (C=O) groups is 1. The van der Waals surface area contributed by atoms with Crippen molar-refractivity contribution in [2.75, 3.05) is 46.2 Å². The van der Waals surface area contributed by atoms with Gasteiger partial charge < -0.3 is 75.7 Å². The van der Waals surface area contributed by atoms with Crippen LogP contribution in [0.5, 0.6) is 0 Å². The topological polar surface area (TPSA) is 260 Å². The molecule has 0 radical (unpaired) electrons. The third kappa shape index (κ3) is 6.82. The van der Waals surface area contributed by atoms with E-state index in [4.69, 9.17) is 23.7 Å². The van der Waals surface area contributed by atoms with Gasteiger partial charge in [-0.25, -0.2) is 0 Å². The number of aldehydes is 1. The van der Waals surface area contributed by atoms with Gasteiger partial charge in [-0.2, -0.15) is 0 Å². The van der Waals surface area contributed by atoms with Crippen molar-refractivity contribution in [2.45, 2.75) is 73.1 Å². The van der Waals surface area contributed by atoms with Gasteiger partial charge in [0.15, 0.2) is 6.29 Å². The summed E-state index contributed by atoms with van der Waals surface area (Å²) in [5, 5.41) is 69.9. The minimum absolute atomic E-state index is 0.0235. The minimum Gasteiger partial charge on any atom is -0.394 e. The lowest BCUT2D eigenvalue weighted by Gasteiger charge is -2.42. The highest BCUT2D eigenvalue weighted by Crippen LogP contribution is 2.29. The highest BCUT2D eigenvalue weighted by molar-refractivity contribution is 5.58. The molecule has 3 aliphatic rings. The van der Waals surface area contributed by atoms with Crippen LogP contribution in [0.25, 0.3) is 0 Å². The first-order chi connectivity index (χ1) is 17.7. The van der Waals surface area contributed by atoms with Crippen molar-refractivity contribution in [3.63, 3.8) is 0 Å². The summed E-state index contributed by atoms with van der Waals surface area (Å²) in [6.07, 6.45) is -9.12. The molecule has 0 bridgehead atoms. The van der Waals surface area contributed by atoms with Crippen molar-refractivity contribution in [3.05, 3.63) is 0 Å². The monoisotopic (exact) mass is 542 g/mol. The molecule has 0 saturated carbocycles. The second-order valence-corrected chi connectivity index (χ2v) is 9.94. The molecular weight excluding hydrogens is 500 g/mol. The molecule has 0 aliphatic carbocycles. The molecular formula is C22H42N2O13+2. The number of aliphatic hydroxyl groups excluding tert-OH is 7. The van der Waals surface area contributed by atoms with Crippen molar-refractivity contribution in [2.24, 2.45) is 11.8 Å². The summed E-state index contributed by atoms with van der Waals surface area (Å²) >= 11 is 0. The molecule has 14 atom stereocenters. The van der Waals surface area contributed by atoms with E-state index in [2.05, 4.69) is 11.5 Å². The zero-order chi connectivity index (χ0) is 27.3. The van der Waals surface area contributed by atoms with E-state index in [1.54, 1.807) is 0 Å². The number of hydrogen-bond donors (Lipinski definition) is 9. The molecule has 216 valence electrons. The van der Waals surface area contributed by atoms with Gasteiger partial charge in [0.05, 0.1) is 64.6 Å². The Balaban J connectivity index is 1.50. The number of ether oxygens (including phenoxy) is 5. The van der Waals surface area contributed by atoms with E-state index < -0.39 is 98.2 Å². The van der Waals surface area contributed by atoms with Gasteiger partial charge >= 0.3 is 0 Å². The summed E-state index contributed by atoms with van der Waals surface area (Å²) < 4.78 is 28.2. The molecule has 3 aliphatic heterocycles. The third-order valence-corrected chi connectivity index (χ3v) is 7.62. The average molecular weight is 543 g/mol. The van der Waals surface area contributed by atoms with Gasteiger partial charge in [-0.3, -0.25) is 0 Å². The first-order valence-corrected chi connectivity index (χ1v) is 12.5. The zero-order valence-corrected chi connectivity index (χ0v) is 20.6. The molecule has 3 heterocycles. The van der Waals surface area contributed by atoms with Crippen molar-refractivity contribution >= 4 is 6.29 Å². The van der Waals surface area contributed by atoms with E-state index in [-0.39, 0.29) is 33.0 Å². The number of carbonyl (C=O) groups excluding carboxylic acids is 1. The Morgan fingerprint density at radius 3 is 1.57 bits per heavy atom. The van der Waals surface area contributed by atoms with Crippen LogP contribution >= 0.6 is 0 Å². The Kier molecular flexibility index (Phi) is 11.6. The predicted molar refractivity (Wildman–Crippen MR) is 119 cm³/mol. The van der Waals surface area contributed by atoms with E-state index in [0.29, 0.717) is 6.29 Å². The summed E-state index contributed by atoms with van der Waals surface area (Å²) in [5.41, 5.74) is 7.78. The quantitative estimate of drug-likeness (QED) is 0.104. The SMILES string of the molecule is [NH3+]C1[C@H](COC[C@@H]2C(CO)O[C@@H](COCC3[C@@H](O)[C@@H](C=O)O[C@@H]3CO)C([NH3+])[C@@H]2O)OC(CO)[C@@H](O)[C@H]1O. The number of aliphatic hydroxyl groups is 7. The second kappa shape index (κ2) is 14.0. The van der Waals surface area contributed by atoms with Crippen LogP contribution in [0.15, 0.2) is 0 Å². The van der Waals surface area contributed by atoms with Gasteiger partial charge in [0, 0.05) is 11.8 Å². The molecule has 0 aromatic carbocycles. The van der Waals surface area contributed by atoms with Crippen LogP contribution in [0.1, 0.15) is 0 Å². The molecule has 5 unspecified atom stereocenters. The van der Waals surface area contributed by atoms with Gasteiger partial charge in [0.25, 0.3) is 0 Å². The predicted octanol–water partition coefficient (Wildman–Crippen LogP) is -7.61. The largest absolute Gasteiger partial charge is 0.394 e. The lowest BCUT2D eigenvalue weighted by atomic mass is 9.86. The van der Waals surface area contributed by atoms with Crippen LogP contribution in [0, 0.1) is 11.8 Å². The van der Waals surface area contributed by atoms with Gasteiger partial charge in [0.2, 0.25) is 0 Å². The third-order valence-electron chi connectivity index (χ3n) is 7.62. The summed E-state index contributed by atoms with van der Waals surface area (Å²) in [7, 11) is 0. The molecule has 3 rings (SSSR count). The number of hydrogen-bond acceptors (Lipinski definition) is 13. The van der Waals surface area contributed by atoms with E-state index in [0.717, 1.165) is 0 Å². The van der Waals surface area contributed by atoms with E-state index in [9.17, 15) is 40.5 Å². The maximum Gasteiger partial charge on any atom is 0.151 e. The Labute approximate surface area is 213 Å². The van der Waals surface area contributed by atoms with Crippen LogP contribution in [0.3, 0.4) is 0 Å². The van der Waals surface area contributed by atoms with Crippen LogP contribution < -0.4 is 11.5 Å². The van der Waals surface area contributed by atoms with Crippen LogP contribution in [0.4, 0.5) is 0 Å². The van der Waals surface area contributed by atoms with Gasteiger partial charge in [-0.1, -0.05) is 0 Å². The Hall–Kier alpha value is -0.890. The standard InChI is InChI=1S/C22H40N2O13/c23-17-15(7-33-5-9-11(1-25)35-13(3-27)19(9)29)36-12(2-26)10(20(17)30)6-34-8-16-18(24)22(32)21(31)14(4-28)37-16/h3,9-22,25-26,28-32H,1-2,4-8,23-24H2/p+2/t9?,10-,11-,12?,13-,14?,15+,16+,17?,18?,19-,20-,21-,22+/m1/s1. The number of rotatable bonds is 12. The molecule has 0 amide bonds. The molecule has 0 aromatic heterocycles. The molecule has 3 saturated heterocycles. The highest BCUT2D eigenvalue weighted by Gasteiger charge is 2.48. The summed E-state index contributed by atoms with van der Waals surface area (Å²) in [6.45, 7) is -1.40. The van der Waals surface area contributed by atoms with E-state index in [1.807, 2.05) is 0 Å². The fraction of sp³-hybridized carbons (Fsp3) is 0.955. The number of quaternary nitrogens is 2. The van der Waals surface area contributed by atoms with E-state index in [1.165, 1.54) is 0 Å². The fourth-order valence-corrected chi connectivity index (χ4v) is 5.13. The minimum atomic E-state index is -1.27. The molecule has 15 heteroatoms. The summed E-state index contributed by atoms with van der Waals surface area (Å²) in [5.74, 6) is -1.27. The molecule has 3 fully saturated rings. The highest BCUT2D eigenvalue weighted by atomic mass is 16.6. The first kappa shape index (κ1) is 30.6. The molecule has 37 heavy (non-hydrogen) atoms. The lowest BCUT2D eigenvalue weighted by molar-refractivity contribution is -0.481. The molecule has 13 N–H and O–H groups in total. The van der Waals surface area contributed by atoms with Crippen molar-refractivity contribution < 1.29 is 75.7 Å². The maximum atomic E-state index is 11.0. The van der Waals surface area contributed by atoms with Gasteiger partial charge in [0.1, 0.15) is 54.8 Å². The lowest BCUT2D eigenvalue weighted by Crippen LogP contribution is -2.78. The Bertz CT molecular complexity index is 703. The smallest absolute Gasteiger partial charge is 0.151 e. The van der Waals surface area contributed by atoms with Crippen molar-refractivity contribution in [3.8, 4) is 0 Å². The maximum absolute atomic E-state index is 11.0. The summed E-state index contributed by atoms with van der Waals surface area (Å²) in [6, 6.07) is -1.36. The van der Waals surface area contributed by atoms with Crippen LogP contribution in [0.2, 0.25) is 0 Å². The van der Waals surface area contributed by atoms with Gasteiger partial charge in [-0.15, -0.1) is 0 Å². The first-order valence-electron chi connectivity index (χ1n) is 12.5. The van der Waals surface area contributed by atoms with Crippen molar-refractivity contribution in [1.82, 2.24) is 0 Å². The van der Waals surface area contributed by atoms with Crippen molar-refractivity contribution in [1.29, 1.82) is 0 Å². The molecule has 0 aromatic rings. The second-order valence-electron chi connectivity index (χ2n) is 9.94. The fourth-order valence-electron chi connectivity index (χ4n) is 5.13. The normalized spacial score (nSPS) is 46.7. The zero-order valence-electron chi connectivity index (χ0n) is 20.6. The van der Waals surface area contributed by atoms with Crippen LogP contribution in [-0.4, -0.2) is 161 Å². The van der Waals surface area contributed by atoms with Gasteiger partial charge in [-0.05, 0) is 0 Å². The van der Waals surface area contributed by atoms with E-state index >= 15 is 0 Å². The van der Waals surface area contributed by atoms with Crippen LogP contribution in [-0.2, 0) is 28.5 Å². The molecule has 15 nitrogen and oxygen atoms in total. The molecule has 0 spiro atoms.